The van der Waals surface area contributed by atoms with Gasteiger partial charge in [0, 0.05) is 25.8 Å². The second kappa shape index (κ2) is 54.4. The van der Waals surface area contributed by atoms with Crippen LogP contribution in [0.3, 0.4) is 0 Å². The molecule has 0 N–H and O–H groups in total. The van der Waals surface area contributed by atoms with Crippen molar-refractivity contribution in [2.75, 3.05) is 53.6 Å². The lowest BCUT2D eigenvalue weighted by atomic mass is 9.94. The quantitative estimate of drug-likeness (QED) is 0.0323. The molecule has 0 fully saturated rings. The summed E-state index contributed by atoms with van der Waals surface area (Å²) in [6, 6.07) is -0.809. The Morgan fingerprint density at radius 1 is 0.346 bits per heavy atom. The molecule has 0 aliphatic heterocycles. The maximum atomic E-state index is 14.3. The van der Waals surface area contributed by atoms with Gasteiger partial charge in [-0.15, -0.1) is 0 Å². The molecule has 0 heterocycles. The first-order valence-corrected chi connectivity index (χ1v) is 32.6. The Morgan fingerprint density at radius 2 is 0.718 bits per heavy atom. The standard InChI is InChI=1S/C65H122N2O11/c1-9-15-20-25-27-33-43-56(41-31-22-17-11-3)64(72)74-52-38-46-61(69)76-54-58(55-77-62(70)47-39-53-75-65(73)57(42-32-23-18-12-4)44-34-28-26-21-16-10-2)67(51-37-30-29-36-50-66(7)8)60(68)48-49-63(71)78-59(40-14-6)45-35-24-19-13-5/h56-59H,9-55H2,1-8H3. The summed E-state index contributed by atoms with van der Waals surface area (Å²) >= 11 is 0. The number of ether oxygens (including phenoxy) is 5. The van der Waals surface area contributed by atoms with Crippen molar-refractivity contribution in [3.8, 4) is 0 Å². The molecule has 0 aromatic carbocycles. The fourth-order valence-corrected chi connectivity index (χ4v) is 10.1. The molecular weight excluding hydrogens is 985 g/mol. The minimum atomic E-state index is -0.809. The molecule has 0 aliphatic carbocycles. The van der Waals surface area contributed by atoms with Crippen LogP contribution in [0.15, 0.2) is 0 Å². The Kier molecular flexibility index (Phi) is 52.1. The van der Waals surface area contributed by atoms with Crippen molar-refractivity contribution in [3.05, 3.63) is 0 Å². The molecule has 13 heteroatoms. The van der Waals surface area contributed by atoms with Crippen molar-refractivity contribution in [3.63, 3.8) is 0 Å². The van der Waals surface area contributed by atoms with E-state index in [9.17, 15) is 28.8 Å². The maximum absolute atomic E-state index is 14.3. The molecule has 13 nitrogen and oxygen atoms in total. The molecule has 0 rings (SSSR count). The van der Waals surface area contributed by atoms with E-state index in [1.807, 2.05) is 14.1 Å². The molecule has 0 saturated heterocycles. The lowest BCUT2D eigenvalue weighted by Gasteiger charge is -2.31. The van der Waals surface area contributed by atoms with Crippen LogP contribution < -0.4 is 0 Å². The maximum Gasteiger partial charge on any atom is 0.308 e. The zero-order chi connectivity index (χ0) is 57.7. The highest BCUT2D eigenvalue weighted by Gasteiger charge is 2.28. The van der Waals surface area contributed by atoms with Crippen molar-refractivity contribution < 1.29 is 52.5 Å². The molecule has 78 heavy (non-hydrogen) atoms. The van der Waals surface area contributed by atoms with Crippen molar-refractivity contribution in [1.82, 2.24) is 9.80 Å². The predicted molar refractivity (Wildman–Crippen MR) is 318 cm³/mol. The monoisotopic (exact) mass is 1110 g/mol. The van der Waals surface area contributed by atoms with E-state index in [2.05, 4.69) is 46.4 Å². The average molecular weight is 1110 g/mol. The van der Waals surface area contributed by atoms with E-state index in [4.69, 9.17) is 23.7 Å². The van der Waals surface area contributed by atoms with Crippen LogP contribution in [0.25, 0.3) is 0 Å². The van der Waals surface area contributed by atoms with E-state index in [1.165, 1.54) is 51.4 Å². The highest BCUT2D eigenvalue weighted by molar-refractivity contribution is 5.82. The summed E-state index contributed by atoms with van der Waals surface area (Å²) < 4.78 is 29.1. The SMILES string of the molecule is CCCCCCCCC(CCCCCC)C(=O)OCCCC(=O)OCC(COC(=O)CCCOC(=O)C(CCCCCC)CCCCCCCC)N(CCCCCCN(C)C)C(=O)CCC(=O)OC(CCC)CCCCCC. The molecule has 0 aromatic heterocycles. The largest absolute Gasteiger partial charge is 0.465 e. The van der Waals surface area contributed by atoms with Crippen molar-refractivity contribution in [2.45, 2.75) is 317 Å². The minimum Gasteiger partial charge on any atom is -0.465 e. The van der Waals surface area contributed by atoms with Crippen LogP contribution in [0, 0.1) is 11.8 Å². The fourth-order valence-electron chi connectivity index (χ4n) is 10.1. The Hall–Kier alpha value is -3.22. The van der Waals surface area contributed by atoms with E-state index in [0.717, 1.165) is 173 Å². The lowest BCUT2D eigenvalue weighted by Crippen LogP contribution is -2.47. The zero-order valence-electron chi connectivity index (χ0n) is 51.9. The smallest absolute Gasteiger partial charge is 0.308 e. The molecule has 3 atom stereocenters. The van der Waals surface area contributed by atoms with Crippen LogP contribution >= 0.6 is 0 Å². The highest BCUT2D eigenvalue weighted by Crippen LogP contribution is 2.23. The van der Waals surface area contributed by atoms with Gasteiger partial charge in [0.15, 0.2) is 0 Å². The average Bonchev–Trinajstić information content (AvgIpc) is 3.42. The van der Waals surface area contributed by atoms with Crippen LogP contribution in [0.5, 0.6) is 0 Å². The van der Waals surface area contributed by atoms with Gasteiger partial charge in [-0.2, -0.15) is 0 Å². The number of hydrogen-bond donors (Lipinski definition) is 0. The normalized spacial score (nSPS) is 12.9. The molecule has 1 amide bonds. The van der Waals surface area contributed by atoms with E-state index in [0.29, 0.717) is 25.8 Å². The minimum absolute atomic E-state index is 0.0126. The van der Waals surface area contributed by atoms with Crippen LogP contribution in [-0.2, 0) is 52.5 Å². The summed E-state index contributed by atoms with van der Waals surface area (Å²) in [5.41, 5.74) is 0. The molecule has 3 unspecified atom stereocenters. The Labute approximate surface area is 478 Å². The highest BCUT2D eigenvalue weighted by atomic mass is 16.6. The summed E-state index contributed by atoms with van der Waals surface area (Å²) in [6.45, 7) is 14.1. The fraction of sp³-hybridized carbons (Fsp3) is 0.908. The summed E-state index contributed by atoms with van der Waals surface area (Å²) in [5.74, 6) is -2.38. The van der Waals surface area contributed by atoms with Gasteiger partial charge in [0.1, 0.15) is 19.3 Å². The number of carbonyl (C=O) groups excluding carboxylic acids is 6. The number of unbranched alkanes of at least 4 members (excludes halogenated alkanes) is 22. The number of hydrogen-bond acceptors (Lipinski definition) is 12. The van der Waals surface area contributed by atoms with Gasteiger partial charge in [-0.25, -0.2) is 0 Å². The first-order valence-electron chi connectivity index (χ1n) is 32.6. The Balaban J connectivity index is 6.07. The van der Waals surface area contributed by atoms with Gasteiger partial charge >= 0.3 is 29.8 Å². The Bertz CT molecular complexity index is 1390. The topological polar surface area (TPSA) is 155 Å². The summed E-state index contributed by atoms with van der Waals surface area (Å²) in [5, 5.41) is 0. The van der Waals surface area contributed by atoms with Gasteiger partial charge < -0.3 is 33.5 Å². The summed E-state index contributed by atoms with van der Waals surface area (Å²) in [4.78, 5) is 84.7. The molecule has 0 saturated carbocycles. The molecule has 0 aromatic rings. The van der Waals surface area contributed by atoms with Gasteiger partial charge in [-0.3, -0.25) is 28.8 Å². The van der Waals surface area contributed by atoms with Gasteiger partial charge in [-0.05, 0) is 91.3 Å². The molecule has 0 radical (unpaired) electrons. The number of amides is 1. The van der Waals surface area contributed by atoms with Crippen molar-refractivity contribution in [2.24, 2.45) is 11.8 Å². The molecule has 0 bridgehead atoms. The van der Waals surface area contributed by atoms with Crippen LogP contribution in [0.2, 0.25) is 0 Å². The van der Waals surface area contributed by atoms with Gasteiger partial charge in [0.25, 0.3) is 0 Å². The summed E-state index contributed by atoms with van der Waals surface area (Å²) in [7, 11) is 4.09. The van der Waals surface area contributed by atoms with E-state index < -0.39 is 23.9 Å². The first kappa shape index (κ1) is 74.8. The van der Waals surface area contributed by atoms with Crippen LogP contribution in [0.1, 0.15) is 305 Å². The van der Waals surface area contributed by atoms with Gasteiger partial charge in [-0.1, -0.05) is 208 Å². The summed E-state index contributed by atoms with van der Waals surface area (Å²) in [6.07, 6.45) is 36.5. The molecule has 0 spiro atoms. The third-order valence-electron chi connectivity index (χ3n) is 15.1. The van der Waals surface area contributed by atoms with Crippen LogP contribution in [-0.4, -0.2) is 111 Å². The van der Waals surface area contributed by atoms with Crippen LogP contribution in [0.4, 0.5) is 0 Å². The predicted octanol–water partition coefficient (Wildman–Crippen LogP) is 16.2. The van der Waals surface area contributed by atoms with Crippen molar-refractivity contribution >= 4 is 35.8 Å². The Morgan fingerprint density at radius 3 is 1.13 bits per heavy atom. The second-order valence-electron chi connectivity index (χ2n) is 22.8. The van der Waals surface area contributed by atoms with E-state index in [1.54, 1.807) is 4.90 Å². The van der Waals surface area contributed by atoms with Gasteiger partial charge in [0.05, 0.1) is 37.5 Å². The number of rotatable bonds is 57. The van der Waals surface area contributed by atoms with E-state index >= 15 is 0 Å². The molecular formula is C65H122N2O11. The first-order chi connectivity index (χ1) is 37.9. The van der Waals surface area contributed by atoms with E-state index in [-0.39, 0.29) is 87.9 Å². The number of esters is 5. The number of carbonyl (C=O) groups is 6. The van der Waals surface area contributed by atoms with Crippen molar-refractivity contribution in [1.29, 1.82) is 0 Å². The lowest BCUT2D eigenvalue weighted by molar-refractivity contribution is -0.157. The third-order valence-corrected chi connectivity index (χ3v) is 15.1. The number of nitrogens with zero attached hydrogens (tertiary/aromatic N) is 2. The third kappa shape index (κ3) is 44.5. The molecule has 0 aliphatic rings. The second-order valence-corrected chi connectivity index (χ2v) is 22.8. The van der Waals surface area contributed by atoms with Gasteiger partial charge in [0.2, 0.25) is 5.91 Å². The zero-order valence-corrected chi connectivity index (χ0v) is 51.9. The molecule has 458 valence electrons.